The molecule has 0 bridgehead atoms. The first-order valence-electron chi connectivity index (χ1n) is 10.6. The Bertz CT molecular complexity index is 1230. The number of carbonyl (C=O) groups is 1. The molecule has 6 heteroatoms. The summed E-state index contributed by atoms with van der Waals surface area (Å²) in [5.41, 5.74) is 5.53. The van der Waals surface area contributed by atoms with Crippen LogP contribution in [0.2, 0.25) is 0 Å². The molecule has 32 heavy (non-hydrogen) atoms. The van der Waals surface area contributed by atoms with Crippen molar-refractivity contribution in [3.8, 4) is 17.0 Å². The molecule has 1 aliphatic carbocycles. The number of allylic oxidation sites excluding steroid dienone is 4. The third-order valence-electron chi connectivity index (χ3n) is 5.74. The SMILES string of the molecule is Cc1cc(-c2cnccn2)cc2c1C(=O)N(Cc1ccc(OC3=CC=C(F)CC3)cc1)C2. The predicted molar refractivity (Wildman–Crippen MR) is 119 cm³/mol. The number of fused-ring (bicyclic) bond motifs is 1. The average Bonchev–Trinajstić information content (AvgIpc) is 3.12. The smallest absolute Gasteiger partial charge is 0.255 e. The summed E-state index contributed by atoms with van der Waals surface area (Å²) in [6.45, 7) is 3.05. The van der Waals surface area contributed by atoms with E-state index in [0.29, 0.717) is 31.7 Å². The molecule has 0 radical (unpaired) electrons. The number of benzene rings is 2. The Hall–Kier alpha value is -3.80. The molecule has 0 N–H and O–H groups in total. The van der Waals surface area contributed by atoms with Crippen LogP contribution in [0, 0.1) is 6.92 Å². The predicted octanol–water partition coefficient (Wildman–Crippen LogP) is 5.52. The summed E-state index contributed by atoms with van der Waals surface area (Å²) in [4.78, 5) is 23.4. The van der Waals surface area contributed by atoms with Crippen molar-refractivity contribution in [2.45, 2.75) is 32.9 Å². The van der Waals surface area contributed by atoms with Gasteiger partial charge in [0.2, 0.25) is 0 Å². The molecular formula is C26H22FN3O2. The number of hydrogen-bond donors (Lipinski definition) is 0. The Balaban J connectivity index is 1.30. The van der Waals surface area contributed by atoms with E-state index in [1.165, 1.54) is 6.08 Å². The second-order valence-electron chi connectivity index (χ2n) is 8.07. The molecule has 1 aliphatic heterocycles. The Morgan fingerprint density at radius 1 is 1.09 bits per heavy atom. The highest BCUT2D eigenvalue weighted by atomic mass is 19.1. The number of aryl methyl sites for hydroxylation is 1. The van der Waals surface area contributed by atoms with Crippen LogP contribution in [0.1, 0.15) is 39.9 Å². The summed E-state index contributed by atoms with van der Waals surface area (Å²) < 4.78 is 19.0. The topological polar surface area (TPSA) is 55.3 Å². The van der Waals surface area contributed by atoms with Crippen molar-refractivity contribution in [3.05, 3.63) is 101 Å². The average molecular weight is 427 g/mol. The van der Waals surface area contributed by atoms with Crippen molar-refractivity contribution >= 4 is 5.91 Å². The number of halogens is 1. The van der Waals surface area contributed by atoms with Crippen LogP contribution in [0.5, 0.6) is 5.75 Å². The van der Waals surface area contributed by atoms with Crippen molar-refractivity contribution in [1.82, 2.24) is 14.9 Å². The zero-order valence-corrected chi connectivity index (χ0v) is 17.7. The Morgan fingerprint density at radius 2 is 1.94 bits per heavy atom. The van der Waals surface area contributed by atoms with Gasteiger partial charge >= 0.3 is 0 Å². The fourth-order valence-corrected chi connectivity index (χ4v) is 4.16. The molecule has 0 saturated heterocycles. The largest absolute Gasteiger partial charge is 0.462 e. The van der Waals surface area contributed by atoms with Crippen LogP contribution in [0.4, 0.5) is 4.39 Å². The molecule has 0 fully saturated rings. The second kappa shape index (κ2) is 8.38. The van der Waals surface area contributed by atoms with Crippen molar-refractivity contribution in [1.29, 1.82) is 0 Å². The number of carbonyl (C=O) groups excluding carboxylic acids is 1. The van der Waals surface area contributed by atoms with E-state index >= 15 is 0 Å². The molecule has 0 unspecified atom stereocenters. The first-order chi connectivity index (χ1) is 15.6. The van der Waals surface area contributed by atoms with E-state index in [2.05, 4.69) is 9.97 Å². The summed E-state index contributed by atoms with van der Waals surface area (Å²) in [5.74, 6) is 1.38. The lowest BCUT2D eigenvalue weighted by Crippen LogP contribution is -2.23. The van der Waals surface area contributed by atoms with Crippen LogP contribution >= 0.6 is 0 Å². The molecule has 0 spiro atoms. The molecule has 5 nitrogen and oxygen atoms in total. The third-order valence-corrected chi connectivity index (χ3v) is 5.74. The number of ether oxygens (including phenoxy) is 1. The summed E-state index contributed by atoms with van der Waals surface area (Å²) in [7, 11) is 0. The van der Waals surface area contributed by atoms with Gasteiger partial charge in [-0.2, -0.15) is 0 Å². The van der Waals surface area contributed by atoms with Crippen LogP contribution in [0.15, 0.2) is 78.7 Å². The first kappa shape index (κ1) is 20.1. The lowest BCUT2D eigenvalue weighted by Gasteiger charge is -2.16. The van der Waals surface area contributed by atoms with E-state index in [-0.39, 0.29) is 11.7 Å². The molecule has 2 heterocycles. The number of amides is 1. The molecule has 160 valence electrons. The van der Waals surface area contributed by atoms with Crippen molar-refractivity contribution in [3.63, 3.8) is 0 Å². The van der Waals surface area contributed by atoms with E-state index < -0.39 is 0 Å². The van der Waals surface area contributed by atoms with E-state index in [1.54, 1.807) is 24.7 Å². The van der Waals surface area contributed by atoms with Gasteiger partial charge in [-0.15, -0.1) is 0 Å². The molecule has 3 aromatic rings. The van der Waals surface area contributed by atoms with Gasteiger partial charge in [-0.1, -0.05) is 12.1 Å². The molecule has 2 aromatic carbocycles. The number of aromatic nitrogens is 2. The van der Waals surface area contributed by atoms with E-state index in [9.17, 15) is 9.18 Å². The summed E-state index contributed by atoms with van der Waals surface area (Å²) in [6.07, 6.45) is 9.10. The minimum atomic E-state index is -0.122. The van der Waals surface area contributed by atoms with Gasteiger partial charge in [0, 0.05) is 49.5 Å². The number of rotatable bonds is 5. The highest BCUT2D eigenvalue weighted by Gasteiger charge is 2.29. The van der Waals surface area contributed by atoms with Crippen LogP contribution in [-0.2, 0) is 13.1 Å². The van der Waals surface area contributed by atoms with Crippen molar-refractivity contribution in [2.24, 2.45) is 0 Å². The molecule has 5 rings (SSSR count). The molecule has 1 aromatic heterocycles. The summed E-state index contributed by atoms with van der Waals surface area (Å²) in [6, 6.07) is 11.7. The number of hydrogen-bond acceptors (Lipinski definition) is 4. The van der Waals surface area contributed by atoms with Crippen molar-refractivity contribution < 1.29 is 13.9 Å². The molecular weight excluding hydrogens is 405 g/mol. The Morgan fingerprint density at radius 3 is 2.66 bits per heavy atom. The zero-order valence-electron chi connectivity index (χ0n) is 17.7. The first-order valence-corrected chi connectivity index (χ1v) is 10.6. The quantitative estimate of drug-likeness (QED) is 0.538. The standard InChI is InChI=1S/C26H22FN3O2/c1-17-12-19(24-14-28-10-11-29-24)13-20-16-30(26(31)25(17)20)15-18-2-6-22(7-3-18)32-23-8-4-21(27)5-9-23/h2-4,6-8,10-14H,5,9,15-16H2,1H3. The maximum atomic E-state index is 13.1. The van der Waals surface area contributed by atoms with Crippen LogP contribution in [0.25, 0.3) is 11.3 Å². The van der Waals surface area contributed by atoms with Gasteiger partial charge in [0.25, 0.3) is 5.91 Å². The Kier molecular flexibility index (Phi) is 5.27. The van der Waals surface area contributed by atoms with Crippen LogP contribution in [0.3, 0.4) is 0 Å². The highest BCUT2D eigenvalue weighted by molar-refractivity contribution is 6.00. The van der Waals surface area contributed by atoms with Gasteiger partial charge in [-0.05, 0) is 60.0 Å². The maximum Gasteiger partial charge on any atom is 0.255 e. The summed E-state index contributed by atoms with van der Waals surface area (Å²) >= 11 is 0. The number of nitrogens with zero attached hydrogens (tertiary/aromatic N) is 3. The van der Waals surface area contributed by atoms with Gasteiger partial charge in [-0.25, -0.2) is 4.39 Å². The monoisotopic (exact) mass is 427 g/mol. The molecule has 0 atom stereocenters. The molecule has 2 aliphatic rings. The van der Waals surface area contributed by atoms with E-state index in [1.807, 2.05) is 48.2 Å². The van der Waals surface area contributed by atoms with Gasteiger partial charge in [0.05, 0.1) is 11.9 Å². The minimum absolute atomic E-state index is 0.0460. The van der Waals surface area contributed by atoms with Gasteiger partial charge in [0.15, 0.2) is 0 Å². The van der Waals surface area contributed by atoms with Gasteiger partial charge in [-0.3, -0.25) is 14.8 Å². The highest BCUT2D eigenvalue weighted by Crippen LogP contribution is 2.32. The van der Waals surface area contributed by atoms with E-state index in [4.69, 9.17) is 4.74 Å². The second-order valence-corrected chi connectivity index (χ2v) is 8.07. The summed E-state index contributed by atoms with van der Waals surface area (Å²) in [5, 5.41) is 0. The van der Waals surface area contributed by atoms with Crippen molar-refractivity contribution in [2.75, 3.05) is 0 Å². The zero-order chi connectivity index (χ0) is 22.1. The fraction of sp³-hybridized carbons (Fsp3) is 0.192. The fourth-order valence-electron chi connectivity index (χ4n) is 4.16. The Labute approximate surface area is 185 Å². The normalized spacial score (nSPS) is 15.3. The van der Waals surface area contributed by atoms with Crippen LogP contribution in [-0.4, -0.2) is 20.8 Å². The third kappa shape index (κ3) is 4.04. The van der Waals surface area contributed by atoms with Gasteiger partial charge < -0.3 is 9.64 Å². The van der Waals surface area contributed by atoms with Crippen LogP contribution < -0.4 is 4.74 Å². The maximum absolute atomic E-state index is 13.1. The lowest BCUT2D eigenvalue weighted by atomic mass is 9.99. The van der Waals surface area contributed by atoms with Gasteiger partial charge in [0.1, 0.15) is 17.3 Å². The molecule has 1 amide bonds. The lowest BCUT2D eigenvalue weighted by molar-refractivity contribution is 0.0766. The minimum Gasteiger partial charge on any atom is -0.462 e. The van der Waals surface area contributed by atoms with E-state index in [0.717, 1.165) is 39.3 Å². The molecule has 0 saturated carbocycles.